The molecule has 0 aliphatic rings. The van der Waals surface area contributed by atoms with E-state index in [4.69, 9.17) is 5.26 Å². The molecule has 0 spiro atoms. The number of rotatable bonds is 3. The number of carbonyl (C=O) groups is 1. The number of anilines is 1. The summed E-state index contributed by atoms with van der Waals surface area (Å²) in [4.78, 5) is 11.7. The SMILES string of the molecule is C[C@](O)(CBr)C(=O)Nc1ccc(C#N)c([IH+])c1. The molecule has 1 aromatic rings. The summed E-state index contributed by atoms with van der Waals surface area (Å²) in [6, 6.07) is 7.02. The Morgan fingerprint density at radius 1 is 1.71 bits per heavy atom. The third-order valence-electron chi connectivity index (χ3n) is 2.11. The molecular formula is C11H11BrIN2O2+. The average molecular weight is 410 g/mol. The number of nitrogens with zero attached hydrogens (tertiary/aromatic N) is 1. The van der Waals surface area contributed by atoms with Crippen LogP contribution < -0.4 is 27.9 Å². The topological polar surface area (TPSA) is 73.1 Å². The van der Waals surface area contributed by atoms with Crippen molar-refractivity contribution < 1.29 is 32.5 Å². The normalized spacial score (nSPS) is 13.6. The highest BCUT2D eigenvalue weighted by Crippen LogP contribution is 2.14. The molecular weight excluding hydrogens is 399 g/mol. The van der Waals surface area contributed by atoms with Crippen LogP contribution in [-0.2, 0) is 4.79 Å². The molecule has 1 amide bonds. The van der Waals surface area contributed by atoms with Crippen molar-refractivity contribution in [1.29, 1.82) is 5.26 Å². The van der Waals surface area contributed by atoms with Gasteiger partial charge in [0.15, 0.2) is 0 Å². The van der Waals surface area contributed by atoms with Crippen LogP contribution in [0.2, 0.25) is 0 Å². The van der Waals surface area contributed by atoms with E-state index in [2.05, 4.69) is 27.3 Å². The third-order valence-corrected chi connectivity index (χ3v) is 4.17. The lowest BCUT2D eigenvalue weighted by atomic mass is 10.1. The van der Waals surface area contributed by atoms with Crippen molar-refractivity contribution in [3.8, 4) is 6.07 Å². The first-order valence-electron chi connectivity index (χ1n) is 4.71. The van der Waals surface area contributed by atoms with E-state index in [1.54, 1.807) is 40.8 Å². The molecule has 0 aromatic heterocycles. The van der Waals surface area contributed by atoms with Crippen molar-refractivity contribution in [2.24, 2.45) is 0 Å². The molecule has 0 aliphatic heterocycles. The molecule has 1 atom stereocenters. The van der Waals surface area contributed by atoms with Gasteiger partial charge >= 0.3 is 0 Å². The van der Waals surface area contributed by atoms with Crippen LogP contribution >= 0.6 is 15.9 Å². The Bertz CT molecular complexity index is 483. The first-order valence-corrected chi connectivity index (χ1v) is 7.00. The molecule has 0 saturated heterocycles. The minimum atomic E-state index is -1.46. The highest BCUT2D eigenvalue weighted by molar-refractivity contribution is 9.09. The second kappa shape index (κ2) is 5.80. The molecule has 0 heterocycles. The molecule has 0 radical (unpaired) electrons. The Labute approximate surface area is 121 Å². The molecule has 0 fully saturated rings. The second-order valence-corrected chi connectivity index (χ2v) is 5.50. The van der Waals surface area contributed by atoms with Crippen molar-refractivity contribution >= 4 is 27.5 Å². The van der Waals surface area contributed by atoms with Crippen molar-refractivity contribution in [2.75, 3.05) is 10.6 Å². The van der Waals surface area contributed by atoms with Gasteiger partial charge in [-0.1, -0.05) is 15.9 Å². The van der Waals surface area contributed by atoms with Crippen molar-refractivity contribution in [1.82, 2.24) is 0 Å². The van der Waals surface area contributed by atoms with Crippen LogP contribution in [-0.4, -0.2) is 21.9 Å². The molecule has 1 rings (SSSR count). The summed E-state index contributed by atoms with van der Waals surface area (Å²) in [5.74, 6) is -0.486. The van der Waals surface area contributed by atoms with Gasteiger partial charge in [-0.25, -0.2) is 0 Å². The van der Waals surface area contributed by atoms with Crippen LogP contribution in [0.4, 0.5) is 5.69 Å². The largest absolute Gasteiger partial charge is 0.379 e. The van der Waals surface area contributed by atoms with Gasteiger partial charge in [-0.05, 0) is 19.1 Å². The number of alkyl halides is 1. The number of nitrogens with one attached hydrogen (secondary N) is 1. The van der Waals surface area contributed by atoms with Crippen molar-refractivity contribution in [3.63, 3.8) is 0 Å². The summed E-state index contributed by atoms with van der Waals surface area (Å²) in [6.45, 7) is 1.42. The zero-order valence-corrected chi connectivity index (χ0v) is 12.9. The van der Waals surface area contributed by atoms with Crippen LogP contribution in [0.3, 0.4) is 0 Å². The molecule has 1 aromatic carbocycles. The molecule has 2 N–H and O–H groups in total. The highest BCUT2D eigenvalue weighted by Gasteiger charge is 2.29. The zero-order valence-electron chi connectivity index (χ0n) is 9.03. The van der Waals surface area contributed by atoms with Gasteiger partial charge in [0.05, 0.1) is 0 Å². The van der Waals surface area contributed by atoms with Gasteiger partial charge in [0.25, 0.3) is 28.5 Å². The number of benzene rings is 1. The minimum absolute atomic E-state index is 0.154. The van der Waals surface area contributed by atoms with Crippen LogP contribution in [0, 0.1) is 14.9 Å². The number of amides is 1. The third kappa shape index (κ3) is 3.66. The first kappa shape index (κ1) is 14.4. The number of halogens is 2. The fourth-order valence-electron chi connectivity index (χ4n) is 1.02. The quantitative estimate of drug-likeness (QED) is 0.452. The van der Waals surface area contributed by atoms with Gasteiger partial charge in [0, 0.05) is 17.1 Å². The van der Waals surface area contributed by atoms with Crippen molar-refractivity contribution in [3.05, 3.63) is 27.3 Å². The molecule has 0 aliphatic carbocycles. The van der Waals surface area contributed by atoms with E-state index in [-0.39, 0.29) is 5.33 Å². The maximum atomic E-state index is 11.7. The summed E-state index contributed by atoms with van der Waals surface area (Å²) >= 11 is 4.78. The maximum absolute atomic E-state index is 11.7. The summed E-state index contributed by atoms with van der Waals surface area (Å²) in [5, 5.41) is 21.2. The summed E-state index contributed by atoms with van der Waals surface area (Å²) in [6.07, 6.45) is 0. The Kier molecular flexibility index (Phi) is 4.91. The lowest BCUT2D eigenvalue weighted by Crippen LogP contribution is -3.34. The van der Waals surface area contributed by atoms with Gasteiger partial charge in [-0.3, -0.25) is 4.79 Å². The Hall–Kier alpha value is -0.650. The summed E-state index contributed by atoms with van der Waals surface area (Å²) in [7, 11) is 0. The number of nitriles is 1. The number of hydrogen-bond acceptors (Lipinski definition) is 3. The predicted molar refractivity (Wildman–Crippen MR) is 64.3 cm³/mol. The van der Waals surface area contributed by atoms with Crippen molar-refractivity contribution in [2.45, 2.75) is 12.5 Å². The van der Waals surface area contributed by atoms with Crippen LogP contribution in [0.1, 0.15) is 12.5 Å². The van der Waals surface area contributed by atoms with E-state index in [1.807, 2.05) is 0 Å². The molecule has 4 nitrogen and oxygen atoms in total. The summed E-state index contributed by atoms with van der Waals surface area (Å²) in [5.41, 5.74) is -0.321. The smallest absolute Gasteiger partial charge is 0.298 e. The Balaban J connectivity index is 2.88. The van der Waals surface area contributed by atoms with E-state index in [0.717, 1.165) is 3.57 Å². The van der Waals surface area contributed by atoms with E-state index in [1.165, 1.54) is 6.92 Å². The van der Waals surface area contributed by atoms with E-state index < -0.39 is 11.5 Å². The molecule has 17 heavy (non-hydrogen) atoms. The van der Waals surface area contributed by atoms with Gasteiger partial charge in [0.1, 0.15) is 17.2 Å². The Morgan fingerprint density at radius 2 is 2.35 bits per heavy atom. The monoisotopic (exact) mass is 409 g/mol. The second-order valence-electron chi connectivity index (χ2n) is 3.68. The first-order chi connectivity index (χ1) is 7.90. The van der Waals surface area contributed by atoms with Gasteiger partial charge in [0.2, 0.25) is 3.57 Å². The Morgan fingerprint density at radius 3 is 2.82 bits per heavy atom. The molecule has 6 heteroatoms. The number of hydrogen-bond donors (Lipinski definition) is 2. The van der Waals surface area contributed by atoms with Gasteiger partial charge in [-0.15, -0.1) is 0 Å². The van der Waals surface area contributed by atoms with Crippen LogP contribution in [0.15, 0.2) is 18.2 Å². The van der Waals surface area contributed by atoms with Crippen LogP contribution in [0.25, 0.3) is 0 Å². The molecule has 90 valence electrons. The molecule has 0 unspecified atom stereocenters. The van der Waals surface area contributed by atoms with E-state index in [0.29, 0.717) is 11.3 Å². The zero-order chi connectivity index (χ0) is 13.1. The van der Waals surface area contributed by atoms with E-state index in [9.17, 15) is 9.90 Å². The predicted octanol–water partition coefficient (Wildman–Crippen LogP) is -1.90. The number of aliphatic hydroxyl groups is 1. The van der Waals surface area contributed by atoms with Crippen LogP contribution in [0.5, 0.6) is 0 Å². The lowest BCUT2D eigenvalue weighted by Gasteiger charge is -2.19. The molecule has 0 bridgehead atoms. The average Bonchev–Trinajstić information content (AvgIpc) is 2.29. The molecule has 0 saturated carbocycles. The fourth-order valence-corrected chi connectivity index (χ4v) is 1.96. The minimum Gasteiger partial charge on any atom is -0.379 e. The number of carbonyl (C=O) groups excluding carboxylic acids is 1. The fraction of sp³-hybridized carbons (Fsp3) is 0.273. The highest BCUT2D eigenvalue weighted by atomic mass is 127. The lowest BCUT2D eigenvalue weighted by molar-refractivity contribution is -0.328. The maximum Gasteiger partial charge on any atom is 0.298 e. The van der Waals surface area contributed by atoms with E-state index >= 15 is 0 Å². The summed E-state index contributed by atoms with van der Waals surface area (Å²) < 4.78 is 0.791. The van der Waals surface area contributed by atoms with Gasteiger partial charge < -0.3 is 10.4 Å². The standard InChI is InChI=1S/C11H10BrIN2O2/c1-11(17,6-12)10(16)15-8-3-2-7(5-14)9(13)4-8/h2-4,13,17H,6H2,1H3/p+1/t11-/m0/s1. The van der Waals surface area contributed by atoms with Gasteiger partial charge in [-0.2, -0.15) is 5.26 Å².